The lowest BCUT2D eigenvalue weighted by molar-refractivity contribution is -0.104. The first kappa shape index (κ1) is 12.1. The minimum atomic E-state index is -3.89. The zero-order valence-corrected chi connectivity index (χ0v) is 9.82. The Morgan fingerprint density at radius 1 is 1.53 bits per heavy atom. The molecule has 0 radical (unpaired) electrons. The van der Waals surface area contributed by atoms with Gasteiger partial charge in [0, 0.05) is 6.07 Å². The van der Waals surface area contributed by atoms with Gasteiger partial charge in [-0.15, -0.1) is 0 Å². The van der Waals surface area contributed by atoms with Crippen LogP contribution in [0.2, 0.25) is 0 Å². The van der Waals surface area contributed by atoms with E-state index < -0.39 is 16.0 Å². The molecule has 94 valence electrons. The van der Waals surface area contributed by atoms with Crippen LogP contribution < -0.4 is 5.14 Å². The maximum Gasteiger partial charge on any atom is 0.374 e. The highest BCUT2D eigenvalue weighted by atomic mass is 32.2. The molecule has 1 fully saturated rings. The first-order valence-electron chi connectivity index (χ1n) is 4.80. The largest absolute Gasteiger partial charge is 0.453 e. The van der Waals surface area contributed by atoms with Gasteiger partial charge in [-0.3, -0.25) is 0 Å². The molecular weight excluding hydrogens is 250 g/mol. The summed E-state index contributed by atoms with van der Waals surface area (Å²) in [5.41, 5.74) is 0. The van der Waals surface area contributed by atoms with Crippen LogP contribution in [0.5, 0.6) is 0 Å². The average Bonchev–Trinajstić information content (AvgIpc) is 2.53. The van der Waals surface area contributed by atoms with Gasteiger partial charge in [0.1, 0.15) is 16.8 Å². The summed E-state index contributed by atoms with van der Waals surface area (Å²) in [6.07, 6.45) is -0.300. The molecule has 8 heteroatoms. The standard InChI is InChI=1S/C9H11NO6S/c1-5-8(17(10,12)13)2-7(15-5)9(11)16-6-3-14-4-6/h2,6H,3-4H2,1H3,(H2,10,12,13). The van der Waals surface area contributed by atoms with Gasteiger partial charge in [0.2, 0.25) is 15.8 Å². The van der Waals surface area contributed by atoms with Crippen molar-refractivity contribution in [2.45, 2.75) is 17.9 Å². The summed E-state index contributed by atoms with van der Waals surface area (Å²) in [4.78, 5) is 11.3. The fourth-order valence-corrected chi connectivity index (χ4v) is 2.05. The number of aryl methyl sites for hydroxylation is 1. The SMILES string of the molecule is Cc1oc(C(=O)OC2COC2)cc1S(N)(=O)=O. The third kappa shape index (κ3) is 2.48. The number of primary sulfonamides is 1. The number of carbonyl (C=O) groups excluding carboxylic acids is 1. The van der Waals surface area contributed by atoms with E-state index >= 15 is 0 Å². The molecule has 0 spiro atoms. The summed E-state index contributed by atoms with van der Waals surface area (Å²) in [5.74, 6) is -0.848. The highest BCUT2D eigenvalue weighted by Crippen LogP contribution is 2.20. The molecule has 0 unspecified atom stereocenters. The summed E-state index contributed by atoms with van der Waals surface area (Å²) in [5, 5.41) is 4.95. The first-order chi connectivity index (χ1) is 7.88. The van der Waals surface area contributed by atoms with Crippen LogP contribution in [0.4, 0.5) is 0 Å². The van der Waals surface area contributed by atoms with Gasteiger partial charge in [-0.2, -0.15) is 0 Å². The van der Waals surface area contributed by atoms with Crippen LogP contribution in [0.25, 0.3) is 0 Å². The van der Waals surface area contributed by atoms with E-state index in [9.17, 15) is 13.2 Å². The summed E-state index contributed by atoms with van der Waals surface area (Å²) >= 11 is 0. The highest BCUT2D eigenvalue weighted by molar-refractivity contribution is 7.89. The van der Waals surface area contributed by atoms with Gasteiger partial charge in [-0.25, -0.2) is 18.4 Å². The quantitative estimate of drug-likeness (QED) is 0.754. The van der Waals surface area contributed by atoms with Gasteiger partial charge in [0.05, 0.1) is 13.2 Å². The van der Waals surface area contributed by atoms with Gasteiger partial charge >= 0.3 is 5.97 Å². The second-order valence-electron chi connectivity index (χ2n) is 3.64. The third-order valence-electron chi connectivity index (χ3n) is 2.26. The van der Waals surface area contributed by atoms with E-state index in [1.54, 1.807) is 0 Å². The van der Waals surface area contributed by atoms with Crippen molar-refractivity contribution in [2.75, 3.05) is 13.2 Å². The molecular formula is C9H11NO6S. The van der Waals surface area contributed by atoms with Crippen LogP contribution in [-0.2, 0) is 19.5 Å². The molecule has 0 amide bonds. The average molecular weight is 261 g/mol. The van der Waals surface area contributed by atoms with E-state index in [2.05, 4.69) is 0 Å². The topological polar surface area (TPSA) is 109 Å². The van der Waals surface area contributed by atoms with Gasteiger partial charge in [-0.05, 0) is 6.92 Å². The predicted octanol–water partition coefficient (Wildman–Crippen LogP) is -0.209. The summed E-state index contributed by atoms with van der Waals surface area (Å²) in [7, 11) is -3.89. The Balaban J connectivity index is 2.19. The van der Waals surface area contributed by atoms with Gasteiger partial charge in [0.15, 0.2) is 0 Å². The molecule has 0 aliphatic carbocycles. The number of hydrogen-bond donors (Lipinski definition) is 1. The number of carbonyl (C=O) groups is 1. The number of hydrogen-bond acceptors (Lipinski definition) is 6. The van der Waals surface area contributed by atoms with E-state index in [1.165, 1.54) is 6.92 Å². The molecule has 2 heterocycles. The molecule has 17 heavy (non-hydrogen) atoms. The fourth-order valence-electron chi connectivity index (χ4n) is 1.34. The van der Waals surface area contributed by atoms with Crippen LogP contribution in [0.1, 0.15) is 16.3 Å². The van der Waals surface area contributed by atoms with Crippen molar-refractivity contribution < 1.29 is 27.1 Å². The number of nitrogens with two attached hydrogens (primary N) is 1. The smallest absolute Gasteiger partial charge is 0.374 e. The van der Waals surface area contributed by atoms with E-state index in [0.717, 1.165) is 6.07 Å². The van der Waals surface area contributed by atoms with E-state index in [0.29, 0.717) is 13.2 Å². The van der Waals surface area contributed by atoms with E-state index in [1.807, 2.05) is 0 Å². The zero-order chi connectivity index (χ0) is 12.6. The Morgan fingerprint density at radius 3 is 2.59 bits per heavy atom. The molecule has 7 nitrogen and oxygen atoms in total. The Morgan fingerprint density at radius 2 is 2.18 bits per heavy atom. The summed E-state index contributed by atoms with van der Waals surface area (Å²) in [6, 6.07) is 1.06. The molecule has 0 aromatic carbocycles. The number of furan rings is 1. The maximum absolute atomic E-state index is 11.5. The molecule has 1 aromatic rings. The Labute approximate surface area is 97.5 Å². The lowest BCUT2D eigenvalue weighted by Crippen LogP contribution is -2.37. The number of sulfonamides is 1. The molecule has 1 aromatic heterocycles. The van der Waals surface area contributed by atoms with E-state index in [-0.39, 0.29) is 22.5 Å². The molecule has 2 N–H and O–H groups in total. The predicted molar refractivity (Wildman–Crippen MR) is 54.8 cm³/mol. The molecule has 1 aliphatic heterocycles. The number of esters is 1. The molecule has 0 bridgehead atoms. The van der Waals surface area contributed by atoms with Crippen molar-refractivity contribution in [1.29, 1.82) is 0 Å². The molecule has 1 aliphatic rings. The second kappa shape index (κ2) is 4.13. The van der Waals surface area contributed by atoms with Crippen molar-refractivity contribution in [3.63, 3.8) is 0 Å². The monoisotopic (exact) mass is 261 g/mol. The highest BCUT2D eigenvalue weighted by Gasteiger charge is 2.27. The summed E-state index contributed by atoms with van der Waals surface area (Å²) in [6.45, 7) is 2.09. The van der Waals surface area contributed by atoms with Crippen molar-refractivity contribution >= 4 is 16.0 Å². The van der Waals surface area contributed by atoms with Crippen LogP contribution in [0.3, 0.4) is 0 Å². The third-order valence-corrected chi connectivity index (χ3v) is 3.28. The minimum absolute atomic E-state index is 0.0595. The van der Waals surface area contributed by atoms with Crippen molar-refractivity contribution in [2.24, 2.45) is 5.14 Å². The molecule has 2 rings (SSSR count). The van der Waals surface area contributed by atoms with Crippen molar-refractivity contribution in [1.82, 2.24) is 0 Å². The lowest BCUT2D eigenvalue weighted by Gasteiger charge is -2.24. The Kier molecular flexibility index (Phi) is 2.94. The van der Waals surface area contributed by atoms with Crippen LogP contribution >= 0.6 is 0 Å². The second-order valence-corrected chi connectivity index (χ2v) is 5.17. The Bertz CT molecular complexity index is 542. The van der Waals surface area contributed by atoms with Crippen LogP contribution in [0.15, 0.2) is 15.4 Å². The van der Waals surface area contributed by atoms with Crippen molar-refractivity contribution in [3.8, 4) is 0 Å². The number of rotatable bonds is 3. The first-order valence-corrected chi connectivity index (χ1v) is 6.34. The fraction of sp³-hybridized carbons (Fsp3) is 0.444. The minimum Gasteiger partial charge on any atom is -0.453 e. The van der Waals surface area contributed by atoms with Gasteiger partial charge < -0.3 is 13.9 Å². The number of ether oxygens (including phenoxy) is 2. The van der Waals surface area contributed by atoms with E-state index in [4.69, 9.17) is 19.0 Å². The van der Waals surface area contributed by atoms with Crippen molar-refractivity contribution in [3.05, 3.63) is 17.6 Å². The van der Waals surface area contributed by atoms with Gasteiger partial charge in [-0.1, -0.05) is 0 Å². The zero-order valence-electron chi connectivity index (χ0n) is 9.00. The Hall–Kier alpha value is -1.38. The van der Waals surface area contributed by atoms with Crippen LogP contribution in [-0.4, -0.2) is 33.7 Å². The normalized spacial score (nSPS) is 16.6. The molecule has 1 saturated heterocycles. The molecule has 0 saturated carbocycles. The van der Waals surface area contributed by atoms with Crippen LogP contribution in [0, 0.1) is 6.92 Å². The molecule has 0 atom stereocenters. The summed E-state index contributed by atoms with van der Waals surface area (Å²) < 4.78 is 37.0. The lowest BCUT2D eigenvalue weighted by atomic mass is 10.3. The van der Waals surface area contributed by atoms with Gasteiger partial charge in [0.25, 0.3) is 0 Å². The maximum atomic E-state index is 11.5.